The van der Waals surface area contributed by atoms with Gasteiger partial charge >= 0.3 is 6.18 Å². The molecule has 0 saturated carbocycles. The van der Waals surface area contributed by atoms with Gasteiger partial charge in [-0.25, -0.2) is 9.97 Å². The Bertz CT molecular complexity index is 1450. The van der Waals surface area contributed by atoms with Gasteiger partial charge in [0.25, 0.3) is 11.8 Å². The average Bonchev–Trinajstić information content (AvgIpc) is 3.51. The number of benzene rings is 1. The molecule has 1 aliphatic heterocycles. The number of nitrogens with one attached hydrogen (secondary N) is 3. The molecule has 1 aliphatic rings. The summed E-state index contributed by atoms with van der Waals surface area (Å²) >= 11 is 1.30. The zero-order chi connectivity index (χ0) is 34.1. The third kappa shape index (κ3) is 13.1. The number of alkyl halides is 3. The molecule has 3 aromatic rings. The lowest BCUT2D eigenvalue weighted by Crippen LogP contribution is -2.43. The molecule has 0 atom stereocenters. The number of carbonyl (C=O) groups excluding carboxylic acids is 2. The molecule has 1 aromatic carbocycles. The molecule has 0 aliphatic carbocycles. The quantitative estimate of drug-likeness (QED) is 0.226. The van der Waals surface area contributed by atoms with E-state index in [1.54, 1.807) is 37.7 Å². The number of thiazole rings is 1. The van der Waals surface area contributed by atoms with Crippen LogP contribution in [0.25, 0.3) is 0 Å². The van der Waals surface area contributed by atoms with E-state index < -0.39 is 17.6 Å². The number of allylic oxidation sites excluding steroid dienone is 3. The van der Waals surface area contributed by atoms with E-state index >= 15 is 0 Å². The summed E-state index contributed by atoms with van der Waals surface area (Å²) in [6.45, 7) is 14.7. The number of halogens is 3. The van der Waals surface area contributed by atoms with E-state index in [9.17, 15) is 22.8 Å². The van der Waals surface area contributed by atoms with E-state index in [-0.39, 0.29) is 11.5 Å². The summed E-state index contributed by atoms with van der Waals surface area (Å²) in [6.07, 6.45) is 4.85. The van der Waals surface area contributed by atoms with Crippen LogP contribution in [-0.2, 0) is 12.7 Å². The lowest BCUT2D eigenvalue weighted by atomic mass is 10.1. The van der Waals surface area contributed by atoms with E-state index in [4.69, 9.17) is 0 Å². The summed E-state index contributed by atoms with van der Waals surface area (Å²) in [5.74, 6) is 0.0418. The van der Waals surface area contributed by atoms with Crippen LogP contribution in [0.15, 0.2) is 72.8 Å². The molecule has 250 valence electrons. The number of carbonyl (C=O) groups is 2. The summed E-state index contributed by atoms with van der Waals surface area (Å²) in [7, 11) is 2.16. The van der Waals surface area contributed by atoms with Crippen molar-refractivity contribution in [3.05, 3.63) is 94.4 Å². The van der Waals surface area contributed by atoms with Gasteiger partial charge in [0.1, 0.15) is 10.7 Å². The van der Waals surface area contributed by atoms with Gasteiger partial charge in [0.05, 0.1) is 11.8 Å². The highest BCUT2D eigenvalue weighted by Gasteiger charge is 2.30. The minimum Gasteiger partial charge on any atom is -0.328 e. The van der Waals surface area contributed by atoms with Crippen LogP contribution in [0.3, 0.4) is 0 Å². The molecule has 13 heteroatoms. The Labute approximate surface area is 273 Å². The minimum atomic E-state index is -4.44. The third-order valence-corrected chi connectivity index (χ3v) is 7.36. The summed E-state index contributed by atoms with van der Waals surface area (Å²) in [4.78, 5) is 37.6. The van der Waals surface area contributed by atoms with Gasteiger partial charge in [-0.05, 0) is 69.4 Å². The Morgan fingerprint density at radius 3 is 2.41 bits per heavy atom. The van der Waals surface area contributed by atoms with Crippen molar-refractivity contribution >= 4 is 34.1 Å². The highest BCUT2D eigenvalue weighted by Crippen LogP contribution is 2.29. The second-order valence-electron chi connectivity index (χ2n) is 10.1. The molecule has 1 saturated heterocycles. The Morgan fingerprint density at radius 1 is 1.04 bits per heavy atom. The maximum absolute atomic E-state index is 12.5. The van der Waals surface area contributed by atoms with Crippen molar-refractivity contribution in [2.75, 3.05) is 38.5 Å². The van der Waals surface area contributed by atoms with Crippen LogP contribution in [0.1, 0.15) is 72.2 Å². The fourth-order valence-corrected chi connectivity index (χ4v) is 4.85. The number of piperazine rings is 1. The number of aromatic nitrogens is 2. The van der Waals surface area contributed by atoms with Crippen LogP contribution >= 0.6 is 11.3 Å². The second-order valence-corrected chi connectivity index (χ2v) is 11.1. The van der Waals surface area contributed by atoms with Crippen molar-refractivity contribution in [2.45, 2.75) is 53.8 Å². The number of likely N-dealkylation sites (N-methyl/N-ethyl adjacent to an activating group) is 1. The molecule has 0 bridgehead atoms. The topological polar surface area (TPSA) is 102 Å². The van der Waals surface area contributed by atoms with Gasteiger partial charge in [-0.3, -0.25) is 14.5 Å². The molecule has 3 N–H and O–H groups in total. The second kappa shape index (κ2) is 19.4. The predicted octanol–water partition coefficient (Wildman–Crippen LogP) is 7.07. The zero-order valence-corrected chi connectivity index (χ0v) is 28.1. The number of pyridine rings is 1. The maximum atomic E-state index is 12.5. The average molecular weight is 660 g/mol. The van der Waals surface area contributed by atoms with Crippen LogP contribution in [0.5, 0.6) is 0 Å². The first-order valence-electron chi connectivity index (χ1n) is 15.1. The summed E-state index contributed by atoms with van der Waals surface area (Å²) in [6, 6.07) is 8.43. The van der Waals surface area contributed by atoms with Gasteiger partial charge < -0.3 is 20.9 Å². The molecule has 46 heavy (non-hydrogen) atoms. The van der Waals surface area contributed by atoms with Gasteiger partial charge in [0, 0.05) is 50.2 Å². The number of hydrogen-bond donors (Lipinski definition) is 3. The van der Waals surface area contributed by atoms with Gasteiger partial charge in [-0.1, -0.05) is 50.3 Å². The molecule has 2 aromatic heterocycles. The van der Waals surface area contributed by atoms with Crippen molar-refractivity contribution in [3.8, 4) is 0 Å². The number of hydrogen-bond acceptors (Lipinski definition) is 8. The van der Waals surface area contributed by atoms with E-state index in [1.165, 1.54) is 29.0 Å². The lowest BCUT2D eigenvalue weighted by molar-refractivity contribution is -0.137. The van der Waals surface area contributed by atoms with Crippen LogP contribution in [0.2, 0.25) is 0 Å². The predicted molar refractivity (Wildman–Crippen MR) is 179 cm³/mol. The van der Waals surface area contributed by atoms with Crippen molar-refractivity contribution in [2.24, 2.45) is 0 Å². The molecule has 0 radical (unpaired) electrons. The summed E-state index contributed by atoms with van der Waals surface area (Å²) in [5.41, 5.74) is 1.01. The molecule has 1 fully saturated rings. The minimum absolute atomic E-state index is 0.00585. The van der Waals surface area contributed by atoms with Gasteiger partial charge in [-0.15, -0.1) is 0 Å². The molecule has 0 spiro atoms. The molecule has 4 rings (SSSR count). The Balaban J connectivity index is 0.000000324. The Hall–Kier alpha value is -4.07. The first-order chi connectivity index (χ1) is 22.0. The number of amides is 2. The highest BCUT2D eigenvalue weighted by atomic mass is 32.1. The Kier molecular flexibility index (Phi) is 16.1. The fourth-order valence-electron chi connectivity index (χ4n) is 4.13. The summed E-state index contributed by atoms with van der Waals surface area (Å²) < 4.78 is 37.4. The first kappa shape index (κ1) is 38.1. The molecule has 0 unspecified atom stereocenters. The smallest absolute Gasteiger partial charge is 0.328 e. The Morgan fingerprint density at radius 2 is 1.76 bits per heavy atom. The fraction of sp³-hybridized carbons (Fsp3) is 0.394. The van der Waals surface area contributed by atoms with Crippen molar-refractivity contribution in [1.82, 2.24) is 30.4 Å². The number of nitrogens with zero attached hydrogens (tertiary/aromatic N) is 4. The molecular weight excluding hydrogens is 615 g/mol. The van der Waals surface area contributed by atoms with Crippen LogP contribution in [-0.4, -0.2) is 64.8 Å². The van der Waals surface area contributed by atoms with Gasteiger partial charge in [-0.2, -0.15) is 13.2 Å². The van der Waals surface area contributed by atoms with Gasteiger partial charge in [0.2, 0.25) is 0 Å². The van der Waals surface area contributed by atoms with Gasteiger partial charge in [0.15, 0.2) is 5.13 Å². The first-order valence-corrected chi connectivity index (χ1v) is 16.0. The largest absolute Gasteiger partial charge is 0.416 e. The SMILES string of the molecule is C/C=C/NC(=O)c1cnc(Nc2cc(CN3CCN(C)CC3)ccn2)s1.CC.CC/C=C(\C)NC(=O)c1cccc(C(F)(F)F)c1. The summed E-state index contributed by atoms with van der Waals surface area (Å²) in [5, 5.41) is 9.06. The van der Waals surface area contributed by atoms with Crippen LogP contribution < -0.4 is 16.0 Å². The highest BCUT2D eigenvalue weighted by molar-refractivity contribution is 7.17. The normalized spacial score (nSPS) is 14.1. The zero-order valence-electron chi connectivity index (χ0n) is 27.2. The van der Waals surface area contributed by atoms with E-state index in [0.29, 0.717) is 15.7 Å². The van der Waals surface area contributed by atoms with E-state index in [2.05, 4.69) is 42.8 Å². The number of rotatable bonds is 9. The van der Waals surface area contributed by atoms with Crippen LogP contribution in [0.4, 0.5) is 24.1 Å². The number of anilines is 2. The molecule has 2 amide bonds. The van der Waals surface area contributed by atoms with E-state index in [0.717, 1.165) is 57.1 Å². The van der Waals surface area contributed by atoms with Crippen LogP contribution in [0, 0.1) is 0 Å². The molecule has 3 heterocycles. The maximum Gasteiger partial charge on any atom is 0.416 e. The standard InChI is InChI=1S/C18H24N6OS.C13H14F3NO.C2H6/c1-3-5-20-17(25)15-12-21-18(26-15)22-16-11-14(4-6-19-16)13-24-9-7-23(2)8-10-24;1-3-5-9(2)17-12(18)10-6-4-7-11(8-10)13(14,15)16;1-2/h3-6,11-12H,7-10,13H2,1-2H3,(H,20,25)(H,19,21,22);4-8H,3H2,1-2H3,(H,17,18);1-2H3/b5-3+;9-5+;. The van der Waals surface area contributed by atoms with Crippen molar-refractivity contribution in [3.63, 3.8) is 0 Å². The van der Waals surface area contributed by atoms with Crippen molar-refractivity contribution in [1.29, 1.82) is 0 Å². The van der Waals surface area contributed by atoms with Crippen molar-refractivity contribution < 1.29 is 22.8 Å². The van der Waals surface area contributed by atoms with E-state index in [1.807, 2.05) is 39.8 Å². The molecule has 9 nitrogen and oxygen atoms in total. The lowest BCUT2D eigenvalue weighted by Gasteiger charge is -2.32. The molecular formula is C33H44F3N7O2S. The monoisotopic (exact) mass is 659 g/mol. The third-order valence-electron chi connectivity index (χ3n) is 6.45.